The first-order chi connectivity index (χ1) is 8.99. The van der Waals surface area contributed by atoms with Crippen LogP contribution in [0, 0.1) is 0 Å². The van der Waals surface area contributed by atoms with Gasteiger partial charge < -0.3 is 15.0 Å². The van der Waals surface area contributed by atoms with E-state index in [1.54, 1.807) is 37.2 Å². The van der Waals surface area contributed by atoms with Crippen molar-refractivity contribution in [2.75, 3.05) is 26.0 Å². The second-order valence-corrected chi connectivity index (χ2v) is 5.44. The Balaban J connectivity index is 2.27. The Morgan fingerprint density at radius 3 is 2.79 bits per heavy atom. The number of rotatable bonds is 3. The summed E-state index contributed by atoms with van der Waals surface area (Å²) in [4.78, 5) is 13.7. The van der Waals surface area contributed by atoms with Gasteiger partial charge in [-0.05, 0) is 31.5 Å². The molecule has 1 heterocycles. The van der Waals surface area contributed by atoms with E-state index in [1.165, 1.54) is 0 Å². The summed E-state index contributed by atoms with van der Waals surface area (Å²) in [5.41, 5.74) is 1.40. The van der Waals surface area contributed by atoms with E-state index in [-0.39, 0.29) is 18.1 Å². The number of hydrogen-bond donors (Lipinski definition) is 1. The van der Waals surface area contributed by atoms with Crippen LogP contribution in [0.5, 0.6) is 0 Å². The van der Waals surface area contributed by atoms with Gasteiger partial charge in [0.1, 0.15) is 0 Å². The van der Waals surface area contributed by atoms with Crippen molar-refractivity contribution < 1.29 is 9.53 Å². The van der Waals surface area contributed by atoms with Crippen LogP contribution in [0.15, 0.2) is 18.2 Å². The van der Waals surface area contributed by atoms with Gasteiger partial charge >= 0.3 is 0 Å². The van der Waals surface area contributed by atoms with Gasteiger partial charge in [0.05, 0.1) is 17.7 Å². The van der Waals surface area contributed by atoms with E-state index in [0.29, 0.717) is 10.6 Å². The van der Waals surface area contributed by atoms with Crippen LogP contribution in [0.1, 0.15) is 23.7 Å². The smallest absolute Gasteiger partial charge is 0.255 e. The molecular weight excluding hydrogens is 264 g/mol. The van der Waals surface area contributed by atoms with Gasteiger partial charge in [-0.25, -0.2) is 0 Å². The summed E-state index contributed by atoms with van der Waals surface area (Å²) in [6, 6.07) is 5.50. The SMILES string of the molecule is CC1OCCC1Nc1cc(Cl)ccc1C(=O)N(C)C. The molecule has 1 fully saturated rings. The molecule has 2 rings (SSSR count). The summed E-state index contributed by atoms with van der Waals surface area (Å²) in [6.45, 7) is 2.78. The van der Waals surface area contributed by atoms with Gasteiger partial charge in [-0.1, -0.05) is 11.6 Å². The molecule has 2 atom stereocenters. The molecule has 2 unspecified atom stereocenters. The fourth-order valence-electron chi connectivity index (χ4n) is 2.18. The van der Waals surface area contributed by atoms with E-state index >= 15 is 0 Å². The average Bonchev–Trinajstić information content (AvgIpc) is 2.74. The van der Waals surface area contributed by atoms with Crippen LogP contribution >= 0.6 is 11.6 Å². The summed E-state index contributed by atoms with van der Waals surface area (Å²) >= 11 is 6.03. The number of nitrogens with zero attached hydrogens (tertiary/aromatic N) is 1. The molecule has 1 aliphatic rings. The van der Waals surface area contributed by atoms with Gasteiger partial charge in [0.15, 0.2) is 0 Å². The topological polar surface area (TPSA) is 41.6 Å². The summed E-state index contributed by atoms with van der Waals surface area (Å²) < 4.78 is 5.52. The number of amides is 1. The number of ether oxygens (including phenoxy) is 1. The highest BCUT2D eigenvalue weighted by Crippen LogP contribution is 2.26. The lowest BCUT2D eigenvalue weighted by atomic mass is 10.1. The Hall–Kier alpha value is -1.26. The van der Waals surface area contributed by atoms with Crippen molar-refractivity contribution in [3.8, 4) is 0 Å². The first-order valence-electron chi connectivity index (χ1n) is 6.38. The predicted octanol–water partition coefficient (Wildman–Crippen LogP) is 2.63. The standard InChI is InChI=1S/C14H19ClN2O2/c1-9-12(6-7-19-9)16-13-8-10(15)4-5-11(13)14(18)17(2)3/h4-5,8-9,12,16H,6-7H2,1-3H3. The molecule has 1 saturated heterocycles. The minimum absolute atomic E-state index is 0.0364. The number of nitrogens with one attached hydrogen (secondary N) is 1. The van der Waals surface area contributed by atoms with E-state index < -0.39 is 0 Å². The number of carbonyl (C=O) groups is 1. The van der Waals surface area contributed by atoms with E-state index in [4.69, 9.17) is 16.3 Å². The van der Waals surface area contributed by atoms with Crippen LogP contribution < -0.4 is 5.32 Å². The molecule has 0 spiro atoms. The maximum Gasteiger partial charge on any atom is 0.255 e. The van der Waals surface area contributed by atoms with Crippen LogP contribution in [0.25, 0.3) is 0 Å². The van der Waals surface area contributed by atoms with Crippen molar-refractivity contribution in [1.29, 1.82) is 0 Å². The first kappa shape index (κ1) is 14.2. The fraction of sp³-hybridized carbons (Fsp3) is 0.500. The molecule has 19 heavy (non-hydrogen) atoms. The number of hydrogen-bond acceptors (Lipinski definition) is 3. The molecule has 1 aromatic carbocycles. The monoisotopic (exact) mass is 282 g/mol. The van der Waals surface area contributed by atoms with Crippen molar-refractivity contribution in [3.05, 3.63) is 28.8 Å². The molecule has 0 aliphatic carbocycles. The largest absolute Gasteiger partial charge is 0.379 e. The molecule has 5 heteroatoms. The van der Waals surface area contributed by atoms with Gasteiger partial charge in [0.25, 0.3) is 5.91 Å². The zero-order valence-electron chi connectivity index (χ0n) is 11.4. The first-order valence-corrected chi connectivity index (χ1v) is 6.76. The van der Waals surface area contributed by atoms with E-state index in [0.717, 1.165) is 18.7 Å². The third-order valence-electron chi connectivity index (χ3n) is 3.34. The molecule has 0 bridgehead atoms. The lowest BCUT2D eigenvalue weighted by Crippen LogP contribution is -2.29. The maximum absolute atomic E-state index is 12.1. The van der Waals surface area contributed by atoms with Crippen LogP contribution in [0.4, 0.5) is 5.69 Å². The third kappa shape index (κ3) is 3.19. The van der Waals surface area contributed by atoms with E-state index in [2.05, 4.69) is 5.32 Å². The molecular formula is C14H19ClN2O2. The molecule has 1 aliphatic heterocycles. The minimum atomic E-state index is -0.0364. The number of halogens is 1. The summed E-state index contributed by atoms with van der Waals surface area (Å²) in [5.74, 6) is -0.0364. The van der Waals surface area contributed by atoms with Crippen LogP contribution in [-0.2, 0) is 4.74 Å². The Labute approximate surface area is 118 Å². The highest BCUT2D eigenvalue weighted by Gasteiger charge is 2.25. The van der Waals surface area contributed by atoms with Gasteiger partial charge in [-0.3, -0.25) is 4.79 Å². The quantitative estimate of drug-likeness (QED) is 0.927. The summed E-state index contributed by atoms with van der Waals surface area (Å²) in [7, 11) is 3.48. The van der Waals surface area contributed by atoms with Crippen molar-refractivity contribution in [2.24, 2.45) is 0 Å². The van der Waals surface area contributed by atoms with Gasteiger partial charge in [-0.15, -0.1) is 0 Å². The zero-order chi connectivity index (χ0) is 14.0. The Bertz CT molecular complexity index is 477. The Morgan fingerprint density at radius 1 is 1.47 bits per heavy atom. The molecule has 1 amide bonds. The van der Waals surface area contributed by atoms with Crippen molar-refractivity contribution in [3.63, 3.8) is 0 Å². The summed E-state index contributed by atoms with van der Waals surface area (Å²) in [5, 5.41) is 3.99. The van der Waals surface area contributed by atoms with Gasteiger partial charge in [0.2, 0.25) is 0 Å². The molecule has 0 radical (unpaired) electrons. The Morgan fingerprint density at radius 2 is 2.21 bits per heavy atom. The molecule has 1 N–H and O–H groups in total. The van der Waals surface area contributed by atoms with Gasteiger partial charge in [0, 0.05) is 31.4 Å². The Kier molecular flexibility index (Phi) is 4.32. The molecule has 0 saturated carbocycles. The number of benzene rings is 1. The van der Waals surface area contributed by atoms with Crippen molar-refractivity contribution >= 4 is 23.2 Å². The molecule has 1 aromatic rings. The zero-order valence-corrected chi connectivity index (χ0v) is 12.2. The molecule has 4 nitrogen and oxygen atoms in total. The van der Waals surface area contributed by atoms with Crippen molar-refractivity contribution in [1.82, 2.24) is 4.90 Å². The lowest BCUT2D eigenvalue weighted by Gasteiger charge is -2.21. The second kappa shape index (κ2) is 5.80. The third-order valence-corrected chi connectivity index (χ3v) is 3.57. The highest BCUT2D eigenvalue weighted by atomic mass is 35.5. The van der Waals surface area contributed by atoms with Crippen LogP contribution in [0.3, 0.4) is 0 Å². The lowest BCUT2D eigenvalue weighted by molar-refractivity contribution is 0.0828. The minimum Gasteiger partial charge on any atom is -0.379 e. The average molecular weight is 283 g/mol. The molecule has 104 valence electrons. The van der Waals surface area contributed by atoms with Crippen LogP contribution in [0.2, 0.25) is 5.02 Å². The van der Waals surface area contributed by atoms with Gasteiger partial charge in [-0.2, -0.15) is 0 Å². The highest BCUT2D eigenvalue weighted by molar-refractivity contribution is 6.31. The fourth-order valence-corrected chi connectivity index (χ4v) is 2.36. The second-order valence-electron chi connectivity index (χ2n) is 5.00. The van der Waals surface area contributed by atoms with Crippen molar-refractivity contribution in [2.45, 2.75) is 25.5 Å². The van der Waals surface area contributed by atoms with Crippen LogP contribution in [-0.4, -0.2) is 43.7 Å². The predicted molar refractivity (Wildman–Crippen MR) is 76.9 cm³/mol. The normalized spacial score (nSPS) is 22.3. The van der Waals surface area contributed by atoms with E-state index in [9.17, 15) is 4.79 Å². The number of carbonyl (C=O) groups excluding carboxylic acids is 1. The molecule has 0 aromatic heterocycles. The maximum atomic E-state index is 12.1. The van der Waals surface area contributed by atoms with E-state index in [1.807, 2.05) is 6.92 Å². The number of anilines is 1. The summed E-state index contributed by atoms with van der Waals surface area (Å²) in [6.07, 6.45) is 1.07.